The summed E-state index contributed by atoms with van der Waals surface area (Å²) in [5, 5.41) is 0. The lowest BCUT2D eigenvalue weighted by molar-refractivity contribution is -0.141. The Hall–Kier alpha value is -1.64. The number of pyridine rings is 1. The summed E-state index contributed by atoms with van der Waals surface area (Å²) in [6.45, 7) is 9.73. The maximum absolute atomic E-state index is 12.8. The maximum Gasteiger partial charge on any atom is 0.433 e. The minimum Gasteiger partial charge on any atom is -0.274 e. The van der Waals surface area contributed by atoms with Crippen molar-refractivity contribution in [2.45, 2.75) is 116 Å². The number of sulfonamides is 1. The first-order valence-electron chi connectivity index (χ1n) is 15.8. The predicted octanol–water partition coefficient (Wildman–Crippen LogP) is 8.01. The van der Waals surface area contributed by atoms with Gasteiger partial charge >= 0.3 is 6.18 Å². The summed E-state index contributed by atoms with van der Waals surface area (Å²) >= 11 is 0. The number of nitrogens with one attached hydrogen (secondary N) is 1. The lowest BCUT2D eigenvalue weighted by atomic mass is 9.42. The third-order valence-electron chi connectivity index (χ3n) is 12.5. The van der Waals surface area contributed by atoms with Crippen LogP contribution >= 0.6 is 0 Å². The number of aromatic nitrogens is 1. The predicted molar refractivity (Wildman–Crippen MR) is 152 cm³/mol. The molecule has 1 N–H and O–H groups in total. The van der Waals surface area contributed by atoms with Crippen LogP contribution in [0, 0.1) is 52.3 Å². The highest BCUT2D eigenvalue weighted by Crippen LogP contribution is 2.69. The van der Waals surface area contributed by atoms with Gasteiger partial charge in [-0.15, -0.1) is 0 Å². The Morgan fingerprint density at radius 3 is 2.44 bits per heavy atom. The quantitative estimate of drug-likeness (QED) is 0.346. The van der Waals surface area contributed by atoms with Crippen molar-refractivity contribution < 1.29 is 26.4 Å². The van der Waals surface area contributed by atoms with Crippen LogP contribution in [0.4, 0.5) is 13.2 Å². The fourth-order valence-corrected chi connectivity index (χ4v) is 11.5. The van der Waals surface area contributed by atoms with E-state index in [2.05, 4.69) is 32.7 Å². The van der Waals surface area contributed by atoms with Crippen LogP contribution in [0.5, 0.6) is 0 Å². The van der Waals surface area contributed by atoms with Gasteiger partial charge in [0, 0.05) is 12.6 Å². The number of halogens is 3. The van der Waals surface area contributed by atoms with Gasteiger partial charge in [0.15, 0.2) is 0 Å². The molecular weight excluding hydrogens is 549 g/mol. The molecule has 230 valence electrons. The second kappa shape index (κ2) is 11.1. The second-order valence-corrected chi connectivity index (χ2v) is 16.0. The van der Waals surface area contributed by atoms with Gasteiger partial charge in [-0.3, -0.25) is 9.78 Å². The number of carbonyl (C=O) groups excluding carboxylic acids is 1. The van der Waals surface area contributed by atoms with E-state index in [9.17, 15) is 26.4 Å². The molecule has 5 nitrogen and oxygen atoms in total. The molecule has 0 aromatic carbocycles. The van der Waals surface area contributed by atoms with Crippen LogP contribution in [-0.2, 0) is 21.0 Å². The molecule has 3 unspecified atom stereocenters. The molecule has 4 aliphatic carbocycles. The highest BCUT2D eigenvalue weighted by Gasteiger charge is 2.61. The van der Waals surface area contributed by atoms with E-state index in [4.69, 9.17) is 0 Å². The number of alkyl halides is 3. The van der Waals surface area contributed by atoms with Crippen LogP contribution in [0.25, 0.3) is 0 Å². The topological polar surface area (TPSA) is 76.1 Å². The maximum atomic E-state index is 12.8. The zero-order valence-corrected chi connectivity index (χ0v) is 25.8. The fraction of sp³-hybridized carbons (Fsp3) is 0.812. The van der Waals surface area contributed by atoms with Crippen molar-refractivity contribution in [2.24, 2.45) is 52.3 Å². The van der Waals surface area contributed by atoms with Crippen molar-refractivity contribution >= 4 is 15.9 Å². The summed E-state index contributed by atoms with van der Waals surface area (Å²) in [4.78, 5) is 15.4. The third kappa shape index (κ3) is 5.58. The van der Waals surface area contributed by atoms with Crippen molar-refractivity contribution in [2.75, 3.05) is 0 Å². The normalized spacial score (nSPS) is 37.9. The standard InChI is InChI=1S/C32H47F3N2O3S/c1-5-21-18-23-26-12-11-24(31(26,4)17-15-27(23)30(3)16-7-6-8-25(21)30)20(2)9-14-29(38)37-41(39,40)22-10-13-28(36-19-22)32(33,34)35/h10,13,19-21,23-27H,5-9,11-12,14-18H2,1-4H3,(H,37,38)/t20-,21+,23?,24-,25+,26?,27?,30+,31-/m1/s1. The summed E-state index contributed by atoms with van der Waals surface area (Å²) in [5.74, 6) is 4.24. The summed E-state index contributed by atoms with van der Waals surface area (Å²) in [6, 6.07) is 1.44. The van der Waals surface area contributed by atoms with E-state index in [1.807, 2.05) is 4.72 Å². The summed E-state index contributed by atoms with van der Waals surface area (Å²) in [5.41, 5.74) is -0.440. The van der Waals surface area contributed by atoms with E-state index in [0.29, 0.717) is 30.0 Å². The molecule has 4 saturated carbocycles. The minimum atomic E-state index is -4.66. The van der Waals surface area contributed by atoms with Crippen molar-refractivity contribution in [3.05, 3.63) is 24.0 Å². The van der Waals surface area contributed by atoms with Gasteiger partial charge < -0.3 is 0 Å². The Labute approximate surface area is 243 Å². The number of carbonyl (C=O) groups is 1. The molecule has 4 fully saturated rings. The Balaban J connectivity index is 1.21. The van der Waals surface area contributed by atoms with Gasteiger partial charge in [0.05, 0.1) is 0 Å². The molecule has 0 bridgehead atoms. The van der Waals surface area contributed by atoms with Gasteiger partial charge in [-0.1, -0.05) is 47.0 Å². The third-order valence-corrected chi connectivity index (χ3v) is 13.8. The van der Waals surface area contributed by atoms with Gasteiger partial charge in [0.2, 0.25) is 5.91 Å². The van der Waals surface area contributed by atoms with Crippen molar-refractivity contribution in [1.82, 2.24) is 9.71 Å². The van der Waals surface area contributed by atoms with Gasteiger partial charge in [-0.2, -0.15) is 13.2 Å². The summed E-state index contributed by atoms with van der Waals surface area (Å²) < 4.78 is 65.6. The van der Waals surface area contributed by atoms with Crippen LogP contribution < -0.4 is 4.72 Å². The number of hydrogen-bond acceptors (Lipinski definition) is 4. The first-order valence-corrected chi connectivity index (χ1v) is 17.3. The molecule has 9 atom stereocenters. The molecule has 1 amide bonds. The first-order chi connectivity index (χ1) is 19.2. The average Bonchev–Trinajstić information content (AvgIpc) is 3.27. The molecular formula is C32H47F3N2O3S. The van der Waals surface area contributed by atoms with Crippen LogP contribution in [0.2, 0.25) is 0 Å². The minimum absolute atomic E-state index is 0.0649. The molecule has 0 aliphatic heterocycles. The second-order valence-electron chi connectivity index (χ2n) is 14.3. The van der Waals surface area contributed by atoms with E-state index in [1.54, 1.807) is 0 Å². The van der Waals surface area contributed by atoms with Crippen LogP contribution in [0.15, 0.2) is 23.2 Å². The van der Waals surface area contributed by atoms with Crippen LogP contribution in [-0.4, -0.2) is 19.3 Å². The lowest BCUT2D eigenvalue weighted by Gasteiger charge is -2.63. The van der Waals surface area contributed by atoms with E-state index in [0.717, 1.165) is 35.7 Å². The molecule has 41 heavy (non-hydrogen) atoms. The molecule has 0 spiro atoms. The molecule has 9 heteroatoms. The highest BCUT2D eigenvalue weighted by molar-refractivity contribution is 7.90. The SMILES string of the molecule is CC[C@H]1CC2C3CC[C@H]([C@H](C)CCC(=O)NS(=O)(=O)c4ccc(C(F)(F)F)nc4)[C@@]3(C)CCC2[C@@]2(C)CCCC[C@@H]12. The average molecular weight is 597 g/mol. The lowest BCUT2D eigenvalue weighted by Crippen LogP contribution is -2.55. The monoisotopic (exact) mass is 596 g/mol. The zero-order valence-electron chi connectivity index (χ0n) is 25.0. The molecule has 4 aliphatic rings. The number of nitrogens with zero attached hydrogens (tertiary/aromatic N) is 1. The molecule has 0 radical (unpaired) electrons. The van der Waals surface area contributed by atoms with Gasteiger partial charge in [0.25, 0.3) is 10.0 Å². The summed E-state index contributed by atoms with van der Waals surface area (Å²) in [7, 11) is -4.29. The number of hydrogen-bond donors (Lipinski definition) is 1. The van der Waals surface area contributed by atoms with Crippen molar-refractivity contribution in [1.29, 1.82) is 0 Å². The number of amides is 1. The molecule has 1 heterocycles. The Bertz CT molecular complexity index is 1220. The Kier molecular flexibility index (Phi) is 8.36. The van der Waals surface area contributed by atoms with Gasteiger partial charge in [-0.05, 0) is 116 Å². The fourth-order valence-electron chi connectivity index (χ4n) is 10.5. The number of rotatable bonds is 7. The zero-order chi connectivity index (χ0) is 29.8. The summed E-state index contributed by atoms with van der Waals surface area (Å²) in [6.07, 6.45) is 9.83. The smallest absolute Gasteiger partial charge is 0.274 e. The van der Waals surface area contributed by atoms with Gasteiger partial charge in [0.1, 0.15) is 10.6 Å². The van der Waals surface area contributed by atoms with E-state index in [1.165, 1.54) is 64.2 Å². The Morgan fingerprint density at radius 2 is 1.78 bits per heavy atom. The molecule has 1 aromatic heterocycles. The Morgan fingerprint density at radius 1 is 1.05 bits per heavy atom. The molecule has 5 rings (SSSR count). The van der Waals surface area contributed by atoms with E-state index >= 15 is 0 Å². The van der Waals surface area contributed by atoms with Gasteiger partial charge in [-0.25, -0.2) is 13.1 Å². The van der Waals surface area contributed by atoms with Crippen LogP contribution in [0.1, 0.15) is 110 Å². The largest absolute Gasteiger partial charge is 0.433 e. The van der Waals surface area contributed by atoms with Crippen molar-refractivity contribution in [3.8, 4) is 0 Å². The molecule has 0 saturated heterocycles. The van der Waals surface area contributed by atoms with Crippen molar-refractivity contribution in [3.63, 3.8) is 0 Å². The molecule has 1 aromatic rings. The van der Waals surface area contributed by atoms with Crippen LogP contribution in [0.3, 0.4) is 0 Å². The number of fused-ring (bicyclic) bond motifs is 5. The van der Waals surface area contributed by atoms with E-state index < -0.39 is 32.7 Å². The van der Waals surface area contributed by atoms with E-state index in [-0.39, 0.29) is 17.8 Å². The first kappa shape index (κ1) is 30.8. The highest BCUT2D eigenvalue weighted by atomic mass is 32.2.